The summed E-state index contributed by atoms with van der Waals surface area (Å²) in [6, 6.07) is 11.5. The number of fused-ring (bicyclic) bond motifs is 1. The summed E-state index contributed by atoms with van der Waals surface area (Å²) in [6.45, 7) is -0.289. The predicted octanol–water partition coefficient (Wildman–Crippen LogP) is 3.59. The Morgan fingerprint density at radius 3 is 2.62 bits per heavy atom. The average molecular weight is 338 g/mol. The summed E-state index contributed by atoms with van der Waals surface area (Å²) in [7, 11) is 0. The first-order valence-electron chi connectivity index (χ1n) is 7.15. The van der Waals surface area contributed by atoms with Crippen LogP contribution in [0.3, 0.4) is 0 Å². The maximum Gasteiger partial charge on any atom is 0.416 e. The van der Waals surface area contributed by atoms with Crippen LogP contribution in [-0.4, -0.2) is 18.7 Å². The first-order valence-corrected chi connectivity index (χ1v) is 7.15. The van der Waals surface area contributed by atoms with E-state index in [4.69, 9.17) is 14.2 Å². The number of para-hydroxylation sites is 2. The van der Waals surface area contributed by atoms with Crippen molar-refractivity contribution >= 4 is 5.97 Å². The number of benzene rings is 2. The van der Waals surface area contributed by atoms with E-state index in [2.05, 4.69) is 0 Å². The number of ether oxygens (including phenoxy) is 3. The van der Waals surface area contributed by atoms with Crippen molar-refractivity contribution < 1.29 is 32.2 Å². The molecule has 24 heavy (non-hydrogen) atoms. The molecule has 1 aliphatic rings. The smallest absolute Gasteiger partial charge is 0.416 e. The Hall–Kier alpha value is -2.70. The van der Waals surface area contributed by atoms with Gasteiger partial charge < -0.3 is 14.2 Å². The Balaban J connectivity index is 1.61. The zero-order valence-electron chi connectivity index (χ0n) is 12.4. The van der Waals surface area contributed by atoms with Gasteiger partial charge in [-0.15, -0.1) is 0 Å². The van der Waals surface area contributed by atoms with Gasteiger partial charge >= 0.3 is 12.1 Å². The lowest BCUT2D eigenvalue weighted by molar-refractivity contribution is -0.155. The van der Waals surface area contributed by atoms with Crippen LogP contribution in [0.4, 0.5) is 13.2 Å². The van der Waals surface area contributed by atoms with Crippen LogP contribution in [0.1, 0.15) is 11.1 Å². The van der Waals surface area contributed by atoms with E-state index in [-0.39, 0.29) is 18.8 Å². The van der Waals surface area contributed by atoms with Gasteiger partial charge in [0.05, 0.1) is 5.56 Å². The molecule has 1 heterocycles. The van der Waals surface area contributed by atoms with Gasteiger partial charge in [-0.3, -0.25) is 0 Å². The largest absolute Gasteiger partial charge is 0.485 e. The van der Waals surface area contributed by atoms with Crippen molar-refractivity contribution in [3.63, 3.8) is 0 Å². The van der Waals surface area contributed by atoms with Crippen LogP contribution in [0.25, 0.3) is 0 Å². The predicted molar refractivity (Wildman–Crippen MR) is 77.6 cm³/mol. The van der Waals surface area contributed by atoms with Crippen LogP contribution >= 0.6 is 0 Å². The van der Waals surface area contributed by atoms with Gasteiger partial charge in [-0.2, -0.15) is 13.2 Å². The van der Waals surface area contributed by atoms with Gasteiger partial charge in [0.15, 0.2) is 11.5 Å². The fourth-order valence-corrected chi connectivity index (χ4v) is 2.22. The number of rotatable bonds is 3. The second-order valence-corrected chi connectivity index (χ2v) is 5.17. The molecule has 0 N–H and O–H groups in total. The third-order valence-corrected chi connectivity index (χ3v) is 3.41. The molecular weight excluding hydrogens is 325 g/mol. The lowest BCUT2D eigenvalue weighted by Gasteiger charge is -2.24. The molecule has 0 fully saturated rings. The quantitative estimate of drug-likeness (QED) is 0.803. The fourth-order valence-electron chi connectivity index (χ4n) is 2.22. The Morgan fingerprint density at radius 1 is 1.12 bits per heavy atom. The van der Waals surface area contributed by atoms with E-state index in [1.54, 1.807) is 24.3 Å². The highest BCUT2D eigenvalue weighted by Gasteiger charge is 2.31. The molecule has 0 saturated heterocycles. The molecule has 1 aliphatic heterocycles. The second kappa shape index (κ2) is 6.43. The normalized spacial score (nSPS) is 16.5. The topological polar surface area (TPSA) is 44.8 Å². The van der Waals surface area contributed by atoms with E-state index in [9.17, 15) is 18.0 Å². The Labute approximate surface area is 135 Å². The van der Waals surface area contributed by atoms with Crippen molar-refractivity contribution in [1.29, 1.82) is 0 Å². The minimum atomic E-state index is -4.44. The van der Waals surface area contributed by atoms with Crippen LogP contribution in [0.5, 0.6) is 11.5 Å². The van der Waals surface area contributed by atoms with Crippen molar-refractivity contribution in [2.24, 2.45) is 0 Å². The van der Waals surface area contributed by atoms with E-state index in [1.165, 1.54) is 12.1 Å². The summed E-state index contributed by atoms with van der Waals surface area (Å²) in [6.07, 6.45) is -5.39. The fraction of sp³-hybridized carbons (Fsp3) is 0.235. The minimum Gasteiger partial charge on any atom is -0.485 e. The molecule has 7 heteroatoms. The van der Waals surface area contributed by atoms with Gasteiger partial charge in [-0.05, 0) is 29.8 Å². The number of hydrogen-bond donors (Lipinski definition) is 0. The summed E-state index contributed by atoms with van der Waals surface area (Å²) in [5.41, 5.74) is -0.544. The van der Waals surface area contributed by atoms with Crippen LogP contribution in [0.2, 0.25) is 0 Å². The van der Waals surface area contributed by atoms with E-state index >= 15 is 0 Å². The Morgan fingerprint density at radius 2 is 1.88 bits per heavy atom. The maximum absolute atomic E-state index is 12.7. The molecule has 2 aromatic rings. The van der Waals surface area contributed by atoms with E-state index in [0.29, 0.717) is 11.5 Å². The van der Waals surface area contributed by atoms with Gasteiger partial charge in [0.25, 0.3) is 0 Å². The van der Waals surface area contributed by atoms with Gasteiger partial charge in [-0.1, -0.05) is 24.3 Å². The zero-order valence-corrected chi connectivity index (χ0v) is 12.4. The lowest BCUT2D eigenvalue weighted by atomic mass is 10.1. The monoisotopic (exact) mass is 338 g/mol. The molecule has 3 rings (SSSR count). The molecule has 0 radical (unpaired) electrons. The first kappa shape index (κ1) is 16.2. The van der Waals surface area contributed by atoms with Gasteiger partial charge in [0.1, 0.15) is 13.2 Å². The summed E-state index contributed by atoms with van der Waals surface area (Å²) in [5, 5.41) is 0. The lowest BCUT2D eigenvalue weighted by Crippen LogP contribution is -2.37. The number of esters is 1. The molecule has 126 valence electrons. The highest BCUT2D eigenvalue weighted by Crippen LogP contribution is 2.31. The molecule has 0 amide bonds. The molecule has 1 atom stereocenters. The minimum absolute atomic E-state index is 0.0154. The molecule has 2 aromatic carbocycles. The van der Waals surface area contributed by atoms with Crippen molar-refractivity contribution in [3.8, 4) is 11.5 Å². The van der Waals surface area contributed by atoms with Crippen LogP contribution in [-0.2, 0) is 22.3 Å². The number of carbonyl (C=O) groups excluding carboxylic acids is 1. The second-order valence-electron chi connectivity index (χ2n) is 5.17. The van der Waals surface area contributed by atoms with Crippen molar-refractivity contribution in [3.05, 3.63) is 59.7 Å². The average Bonchev–Trinajstić information content (AvgIpc) is 2.59. The van der Waals surface area contributed by atoms with Gasteiger partial charge in [0, 0.05) is 0 Å². The van der Waals surface area contributed by atoms with Crippen LogP contribution in [0, 0.1) is 0 Å². The number of carbonyl (C=O) groups is 1. The summed E-state index contributed by atoms with van der Waals surface area (Å²) < 4.78 is 53.9. The molecule has 0 aromatic heterocycles. The highest BCUT2D eigenvalue weighted by atomic mass is 19.4. The Kier molecular flexibility index (Phi) is 4.33. The third kappa shape index (κ3) is 3.61. The molecule has 4 nitrogen and oxygen atoms in total. The van der Waals surface area contributed by atoms with Gasteiger partial charge in [-0.25, -0.2) is 4.79 Å². The molecule has 0 aliphatic carbocycles. The summed E-state index contributed by atoms with van der Waals surface area (Å²) in [5.74, 6) is 0.256. The summed E-state index contributed by atoms with van der Waals surface area (Å²) in [4.78, 5) is 12.0. The molecule has 0 spiro atoms. The van der Waals surface area contributed by atoms with E-state index in [1.807, 2.05) is 0 Å². The molecular formula is C17H13F3O4. The molecule has 0 saturated carbocycles. The standard InChI is InChI=1S/C17H13F3O4/c18-17(19,20)12-5-3-4-11(8-12)9-23-16(21)15-10-22-13-6-1-2-7-14(13)24-15/h1-8,15H,9-10H2/t15-/m0/s1. The Bertz CT molecular complexity index is 743. The zero-order chi connectivity index (χ0) is 17.2. The SMILES string of the molecule is O=C(OCc1cccc(C(F)(F)F)c1)[C@@H]1COc2ccccc2O1. The van der Waals surface area contributed by atoms with E-state index < -0.39 is 23.8 Å². The maximum atomic E-state index is 12.7. The van der Waals surface area contributed by atoms with Crippen molar-refractivity contribution in [1.82, 2.24) is 0 Å². The molecule has 0 unspecified atom stereocenters. The third-order valence-electron chi connectivity index (χ3n) is 3.41. The number of hydrogen-bond acceptors (Lipinski definition) is 4. The summed E-state index contributed by atoms with van der Waals surface area (Å²) >= 11 is 0. The van der Waals surface area contributed by atoms with Crippen molar-refractivity contribution in [2.45, 2.75) is 18.9 Å². The van der Waals surface area contributed by atoms with Crippen LogP contribution in [0.15, 0.2) is 48.5 Å². The first-order chi connectivity index (χ1) is 11.4. The van der Waals surface area contributed by atoms with Crippen LogP contribution < -0.4 is 9.47 Å². The van der Waals surface area contributed by atoms with E-state index in [0.717, 1.165) is 12.1 Å². The van der Waals surface area contributed by atoms with Crippen molar-refractivity contribution in [2.75, 3.05) is 6.61 Å². The molecule has 0 bridgehead atoms. The van der Waals surface area contributed by atoms with Gasteiger partial charge in [0.2, 0.25) is 6.10 Å². The number of halogens is 3. The number of alkyl halides is 3. The highest BCUT2D eigenvalue weighted by molar-refractivity contribution is 5.76.